The van der Waals surface area contributed by atoms with Crippen LogP contribution in [0.2, 0.25) is 0 Å². The van der Waals surface area contributed by atoms with Crippen LogP contribution in [-0.2, 0) is 0 Å². The maximum atomic E-state index is 6.03. The zero-order chi connectivity index (χ0) is 11.0. The Kier molecular flexibility index (Phi) is 2.48. The summed E-state index contributed by atoms with van der Waals surface area (Å²) < 4.78 is 0. The minimum atomic E-state index is 0.739. The molecule has 3 heteroatoms. The fourth-order valence-corrected chi connectivity index (χ4v) is 2.43. The van der Waals surface area contributed by atoms with E-state index in [0.29, 0.717) is 0 Å². The monoisotopic (exact) mass is 217 g/mol. The van der Waals surface area contributed by atoms with Crippen molar-refractivity contribution in [2.75, 3.05) is 36.8 Å². The third-order valence-electron chi connectivity index (χ3n) is 3.57. The zero-order valence-corrected chi connectivity index (χ0v) is 9.58. The second kappa shape index (κ2) is 3.98. The van der Waals surface area contributed by atoms with Gasteiger partial charge < -0.3 is 16.0 Å². The summed E-state index contributed by atoms with van der Waals surface area (Å²) in [6.45, 7) is 4.38. The van der Waals surface area contributed by atoms with Gasteiger partial charge in [-0.2, -0.15) is 0 Å². The van der Waals surface area contributed by atoms with Crippen LogP contribution in [-0.4, -0.2) is 26.2 Å². The van der Waals surface area contributed by atoms with Crippen molar-refractivity contribution in [1.82, 2.24) is 5.32 Å². The van der Waals surface area contributed by atoms with Gasteiger partial charge in [-0.05, 0) is 42.5 Å². The van der Waals surface area contributed by atoms with E-state index in [1.807, 2.05) is 0 Å². The van der Waals surface area contributed by atoms with Gasteiger partial charge in [-0.1, -0.05) is 0 Å². The fourth-order valence-electron chi connectivity index (χ4n) is 2.43. The minimum Gasteiger partial charge on any atom is -0.398 e. The Morgan fingerprint density at radius 1 is 1.19 bits per heavy atom. The van der Waals surface area contributed by atoms with E-state index in [0.717, 1.165) is 37.8 Å². The predicted molar refractivity (Wildman–Crippen MR) is 67.9 cm³/mol. The molecule has 0 amide bonds. The third-order valence-corrected chi connectivity index (χ3v) is 3.57. The second-order valence-electron chi connectivity index (χ2n) is 4.82. The maximum Gasteiger partial charge on any atom is 0.0371 e. The molecule has 1 aromatic rings. The number of nitrogens with one attached hydrogen (secondary N) is 1. The lowest BCUT2D eigenvalue weighted by Gasteiger charge is -2.30. The largest absolute Gasteiger partial charge is 0.398 e. The van der Waals surface area contributed by atoms with E-state index in [1.54, 1.807) is 0 Å². The SMILES string of the molecule is Nc1ccc(N2CCNCC2)cc1C1CC1. The highest BCUT2D eigenvalue weighted by molar-refractivity contribution is 5.60. The molecule has 16 heavy (non-hydrogen) atoms. The number of piperazine rings is 1. The molecule has 0 radical (unpaired) electrons. The molecule has 0 bridgehead atoms. The first-order chi connectivity index (χ1) is 7.84. The standard InChI is InChI=1S/C13H19N3/c14-13-4-3-11(9-12(13)10-1-2-10)16-7-5-15-6-8-16/h3-4,9-10,15H,1-2,5-8,14H2. The van der Waals surface area contributed by atoms with Crippen LogP contribution < -0.4 is 16.0 Å². The molecule has 0 spiro atoms. The lowest BCUT2D eigenvalue weighted by atomic mass is 10.1. The quantitative estimate of drug-likeness (QED) is 0.739. The van der Waals surface area contributed by atoms with E-state index >= 15 is 0 Å². The summed E-state index contributed by atoms with van der Waals surface area (Å²) in [5.74, 6) is 0.739. The molecule has 0 unspecified atom stereocenters. The van der Waals surface area contributed by atoms with Crippen molar-refractivity contribution in [2.24, 2.45) is 0 Å². The molecule has 2 fully saturated rings. The van der Waals surface area contributed by atoms with Crippen molar-refractivity contribution in [3.8, 4) is 0 Å². The molecule has 1 saturated heterocycles. The molecule has 3 N–H and O–H groups in total. The highest BCUT2D eigenvalue weighted by atomic mass is 15.2. The maximum absolute atomic E-state index is 6.03. The number of hydrogen-bond acceptors (Lipinski definition) is 3. The molecule has 0 atom stereocenters. The molecular formula is C13H19N3. The number of benzene rings is 1. The number of nitrogens with two attached hydrogens (primary N) is 1. The number of rotatable bonds is 2. The first kappa shape index (κ1) is 9.97. The molecule has 1 saturated carbocycles. The number of hydrogen-bond donors (Lipinski definition) is 2. The highest BCUT2D eigenvalue weighted by Crippen LogP contribution is 2.43. The molecule has 0 aromatic heterocycles. The molecule has 86 valence electrons. The summed E-state index contributed by atoms with van der Waals surface area (Å²) in [7, 11) is 0. The van der Waals surface area contributed by atoms with Crippen LogP contribution in [0.3, 0.4) is 0 Å². The van der Waals surface area contributed by atoms with Gasteiger partial charge in [0.05, 0.1) is 0 Å². The lowest BCUT2D eigenvalue weighted by Crippen LogP contribution is -2.43. The molecule has 2 aliphatic rings. The molecule has 1 aliphatic carbocycles. The summed E-state index contributed by atoms with van der Waals surface area (Å²) in [5.41, 5.74) is 9.72. The summed E-state index contributed by atoms with van der Waals surface area (Å²) >= 11 is 0. The third kappa shape index (κ3) is 1.87. The molecule has 1 heterocycles. The summed E-state index contributed by atoms with van der Waals surface area (Å²) in [6, 6.07) is 6.54. The van der Waals surface area contributed by atoms with Crippen LogP contribution >= 0.6 is 0 Å². The Balaban J connectivity index is 1.85. The van der Waals surface area contributed by atoms with E-state index in [1.165, 1.54) is 24.1 Å². The van der Waals surface area contributed by atoms with Crippen molar-refractivity contribution in [1.29, 1.82) is 0 Å². The average Bonchev–Trinajstić information content (AvgIpc) is 3.15. The summed E-state index contributed by atoms with van der Waals surface area (Å²) in [4.78, 5) is 2.45. The van der Waals surface area contributed by atoms with Crippen molar-refractivity contribution in [3.63, 3.8) is 0 Å². The van der Waals surface area contributed by atoms with Crippen LogP contribution in [0.1, 0.15) is 24.3 Å². The highest BCUT2D eigenvalue weighted by Gasteiger charge is 2.26. The Bertz CT molecular complexity index is 379. The molecule has 1 aliphatic heterocycles. The molecular weight excluding hydrogens is 198 g/mol. The molecule has 1 aromatic carbocycles. The van der Waals surface area contributed by atoms with E-state index in [4.69, 9.17) is 5.73 Å². The smallest absolute Gasteiger partial charge is 0.0371 e. The van der Waals surface area contributed by atoms with E-state index < -0.39 is 0 Å². The van der Waals surface area contributed by atoms with Gasteiger partial charge in [0, 0.05) is 37.6 Å². The van der Waals surface area contributed by atoms with Gasteiger partial charge in [-0.3, -0.25) is 0 Å². The lowest BCUT2D eigenvalue weighted by molar-refractivity contribution is 0.589. The van der Waals surface area contributed by atoms with Crippen molar-refractivity contribution < 1.29 is 0 Å². The Morgan fingerprint density at radius 2 is 1.94 bits per heavy atom. The Hall–Kier alpha value is -1.22. The summed E-state index contributed by atoms with van der Waals surface area (Å²) in [5, 5.41) is 3.38. The van der Waals surface area contributed by atoms with Crippen LogP contribution in [0.25, 0.3) is 0 Å². The van der Waals surface area contributed by atoms with E-state index in [-0.39, 0.29) is 0 Å². The predicted octanol–water partition coefficient (Wildman–Crippen LogP) is 1.56. The van der Waals surface area contributed by atoms with Crippen LogP contribution in [0, 0.1) is 0 Å². The van der Waals surface area contributed by atoms with E-state index in [2.05, 4.69) is 28.4 Å². The molecule has 3 nitrogen and oxygen atoms in total. The Labute approximate surface area is 96.6 Å². The van der Waals surface area contributed by atoms with Crippen LogP contribution in [0.5, 0.6) is 0 Å². The zero-order valence-electron chi connectivity index (χ0n) is 9.58. The van der Waals surface area contributed by atoms with Gasteiger partial charge in [0.15, 0.2) is 0 Å². The van der Waals surface area contributed by atoms with Crippen molar-refractivity contribution >= 4 is 11.4 Å². The normalized spacial score (nSPS) is 21.1. The van der Waals surface area contributed by atoms with Crippen molar-refractivity contribution in [2.45, 2.75) is 18.8 Å². The van der Waals surface area contributed by atoms with Crippen molar-refractivity contribution in [3.05, 3.63) is 23.8 Å². The average molecular weight is 217 g/mol. The van der Waals surface area contributed by atoms with Gasteiger partial charge >= 0.3 is 0 Å². The number of nitrogens with zero attached hydrogens (tertiary/aromatic N) is 1. The number of anilines is 2. The van der Waals surface area contributed by atoms with Crippen LogP contribution in [0.15, 0.2) is 18.2 Å². The topological polar surface area (TPSA) is 41.3 Å². The minimum absolute atomic E-state index is 0.739. The van der Waals surface area contributed by atoms with Gasteiger partial charge in [0.2, 0.25) is 0 Å². The van der Waals surface area contributed by atoms with E-state index in [9.17, 15) is 0 Å². The first-order valence-corrected chi connectivity index (χ1v) is 6.20. The second-order valence-corrected chi connectivity index (χ2v) is 4.82. The van der Waals surface area contributed by atoms with Gasteiger partial charge in [-0.25, -0.2) is 0 Å². The van der Waals surface area contributed by atoms with Gasteiger partial charge in [0.1, 0.15) is 0 Å². The fraction of sp³-hybridized carbons (Fsp3) is 0.538. The van der Waals surface area contributed by atoms with Gasteiger partial charge in [0.25, 0.3) is 0 Å². The summed E-state index contributed by atoms with van der Waals surface area (Å²) in [6.07, 6.45) is 2.63. The Morgan fingerprint density at radius 3 is 2.62 bits per heavy atom. The van der Waals surface area contributed by atoms with Gasteiger partial charge in [-0.15, -0.1) is 0 Å². The van der Waals surface area contributed by atoms with Crippen LogP contribution in [0.4, 0.5) is 11.4 Å². The first-order valence-electron chi connectivity index (χ1n) is 6.20. The molecule has 3 rings (SSSR count). The number of nitrogen functional groups attached to an aromatic ring is 1.